The summed E-state index contributed by atoms with van der Waals surface area (Å²) in [7, 11) is 0. The molecule has 1 atom stereocenters. The summed E-state index contributed by atoms with van der Waals surface area (Å²) < 4.78 is 16.0. The molecule has 0 unspecified atom stereocenters. The lowest BCUT2D eigenvalue weighted by atomic mass is 10.2. The molecule has 0 N–H and O–H groups in total. The van der Waals surface area contributed by atoms with Gasteiger partial charge < -0.3 is 13.9 Å². The van der Waals surface area contributed by atoms with Gasteiger partial charge in [0, 0.05) is 17.7 Å². The van der Waals surface area contributed by atoms with Crippen LogP contribution in [0, 0.1) is 21.4 Å². The van der Waals surface area contributed by atoms with Crippen LogP contribution in [0.4, 0.5) is 5.69 Å². The molecule has 0 aliphatic rings. The Morgan fingerprint density at radius 1 is 1.21 bits per heavy atom. The summed E-state index contributed by atoms with van der Waals surface area (Å²) in [4.78, 5) is 22.1. The Morgan fingerprint density at radius 2 is 1.90 bits per heavy atom. The minimum atomic E-state index is -0.814. The fourth-order valence-electron chi connectivity index (χ4n) is 2.29. The maximum atomic E-state index is 11.9. The molecule has 3 rings (SSSR count). The van der Waals surface area contributed by atoms with Crippen LogP contribution in [0.3, 0.4) is 0 Å². The van der Waals surface area contributed by atoms with Crippen molar-refractivity contribution in [1.29, 1.82) is 5.26 Å². The van der Waals surface area contributed by atoms with E-state index in [0.717, 1.165) is 0 Å². The van der Waals surface area contributed by atoms with Crippen LogP contribution in [-0.4, -0.2) is 27.7 Å². The first-order valence-electron chi connectivity index (χ1n) is 8.37. The van der Waals surface area contributed by atoms with Gasteiger partial charge in [0.1, 0.15) is 5.75 Å². The highest BCUT2D eigenvalue weighted by Gasteiger charge is 2.19. The normalized spacial score (nSPS) is 11.3. The zero-order valence-electron chi connectivity index (χ0n) is 15.1. The van der Waals surface area contributed by atoms with Gasteiger partial charge in [0.25, 0.3) is 11.6 Å². The van der Waals surface area contributed by atoms with E-state index in [0.29, 0.717) is 16.9 Å². The van der Waals surface area contributed by atoms with Crippen LogP contribution in [0.25, 0.3) is 11.5 Å². The quantitative estimate of drug-likeness (QED) is 0.335. The molecular weight excluding hydrogens is 380 g/mol. The summed E-state index contributed by atoms with van der Waals surface area (Å²) in [6, 6.07) is 13.9. The van der Waals surface area contributed by atoms with E-state index in [1.807, 2.05) is 6.07 Å². The van der Waals surface area contributed by atoms with Gasteiger partial charge in [-0.1, -0.05) is 0 Å². The molecule has 3 aromatic rings. The number of carbonyl (C=O) groups excluding carboxylic acids is 1. The summed E-state index contributed by atoms with van der Waals surface area (Å²) in [6.45, 7) is 1.23. The monoisotopic (exact) mass is 394 g/mol. The number of ether oxygens (including phenoxy) is 2. The van der Waals surface area contributed by atoms with E-state index in [1.54, 1.807) is 31.2 Å². The number of hydrogen-bond donors (Lipinski definition) is 0. The molecule has 0 saturated heterocycles. The molecule has 0 bridgehead atoms. The van der Waals surface area contributed by atoms with Crippen molar-refractivity contribution >= 4 is 11.7 Å². The van der Waals surface area contributed by atoms with Gasteiger partial charge in [0.2, 0.25) is 5.89 Å². The number of nitriles is 1. The molecule has 0 saturated carbocycles. The number of non-ortho nitro benzene ring substituents is 1. The number of carbonyl (C=O) groups is 1. The van der Waals surface area contributed by atoms with Crippen LogP contribution in [0.5, 0.6) is 5.75 Å². The second kappa shape index (κ2) is 8.62. The molecule has 0 amide bonds. The van der Waals surface area contributed by atoms with Gasteiger partial charge in [0.05, 0.1) is 16.6 Å². The molecule has 1 heterocycles. The molecule has 0 aliphatic carbocycles. The highest BCUT2D eigenvalue weighted by molar-refractivity contribution is 5.71. The second-order valence-electron chi connectivity index (χ2n) is 5.81. The van der Waals surface area contributed by atoms with Gasteiger partial charge in [-0.05, 0) is 43.3 Å². The number of hydrogen-bond acceptors (Lipinski definition) is 9. The molecule has 0 fully saturated rings. The molecule has 29 heavy (non-hydrogen) atoms. The second-order valence-corrected chi connectivity index (χ2v) is 5.81. The summed E-state index contributed by atoms with van der Waals surface area (Å²) in [6.07, 6.45) is -0.814. The van der Waals surface area contributed by atoms with Crippen LogP contribution in [0.15, 0.2) is 52.9 Å². The van der Waals surface area contributed by atoms with Gasteiger partial charge in [-0.2, -0.15) is 5.26 Å². The average Bonchev–Trinajstić information content (AvgIpc) is 3.23. The fraction of sp³-hybridized carbons (Fsp3) is 0.158. The van der Waals surface area contributed by atoms with E-state index in [-0.39, 0.29) is 24.1 Å². The van der Waals surface area contributed by atoms with Gasteiger partial charge in [-0.3, -0.25) is 10.1 Å². The summed E-state index contributed by atoms with van der Waals surface area (Å²) in [5, 5.41) is 27.2. The molecule has 10 nitrogen and oxygen atoms in total. The van der Waals surface area contributed by atoms with Gasteiger partial charge >= 0.3 is 5.97 Å². The first-order valence-corrected chi connectivity index (χ1v) is 8.37. The lowest BCUT2D eigenvalue weighted by Gasteiger charge is -2.10. The Morgan fingerprint density at radius 3 is 2.52 bits per heavy atom. The Balaban J connectivity index is 1.56. The van der Waals surface area contributed by atoms with Crippen molar-refractivity contribution in [3.8, 4) is 23.3 Å². The Kier molecular flexibility index (Phi) is 5.80. The first kappa shape index (κ1) is 19.5. The van der Waals surface area contributed by atoms with Crippen molar-refractivity contribution in [2.45, 2.75) is 13.0 Å². The van der Waals surface area contributed by atoms with Crippen molar-refractivity contribution in [1.82, 2.24) is 10.2 Å². The van der Waals surface area contributed by atoms with E-state index in [2.05, 4.69) is 10.2 Å². The van der Waals surface area contributed by atoms with Crippen LogP contribution in [0.2, 0.25) is 0 Å². The standard InChI is InChI=1S/C19H14N4O6/c1-12(28-17(24)11-27-16-8-2-13(10-20)3-9-16)18-21-22-19(29-18)14-4-6-15(7-5-14)23(25)26/h2-9,12H,11H2,1H3/t12-/m1/s1. The molecular formula is C19H14N4O6. The number of rotatable bonds is 7. The number of benzene rings is 2. The number of nitrogens with zero attached hydrogens (tertiary/aromatic N) is 4. The topological polar surface area (TPSA) is 141 Å². The predicted octanol–water partition coefficient (Wildman–Crippen LogP) is 3.20. The van der Waals surface area contributed by atoms with E-state index in [1.165, 1.54) is 24.3 Å². The summed E-state index contributed by atoms with van der Waals surface area (Å²) >= 11 is 0. The van der Waals surface area contributed by atoms with Crippen LogP contribution in [-0.2, 0) is 9.53 Å². The highest BCUT2D eigenvalue weighted by Crippen LogP contribution is 2.24. The smallest absolute Gasteiger partial charge is 0.344 e. The van der Waals surface area contributed by atoms with E-state index in [4.69, 9.17) is 19.2 Å². The lowest BCUT2D eigenvalue weighted by molar-refractivity contribution is -0.384. The maximum absolute atomic E-state index is 11.9. The summed E-state index contributed by atoms with van der Waals surface area (Å²) in [5.41, 5.74) is 0.920. The maximum Gasteiger partial charge on any atom is 0.344 e. The van der Waals surface area contributed by atoms with Crippen molar-refractivity contribution in [2.24, 2.45) is 0 Å². The third-order valence-corrected chi connectivity index (χ3v) is 3.76. The summed E-state index contributed by atoms with van der Waals surface area (Å²) in [5.74, 6) is 0.000464. The largest absolute Gasteiger partial charge is 0.482 e. The third kappa shape index (κ3) is 4.92. The number of esters is 1. The fourth-order valence-corrected chi connectivity index (χ4v) is 2.29. The van der Waals surface area contributed by atoms with Crippen LogP contribution >= 0.6 is 0 Å². The van der Waals surface area contributed by atoms with E-state index in [9.17, 15) is 14.9 Å². The zero-order valence-corrected chi connectivity index (χ0v) is 15.1. The molecule has 0 spiro atoms. The van der Waals surface area contributed by atoms with Crippen molar-refractivity contribution < 1.29 is 23.6 Å². The van der Waals surface area contributed by atoms with Gasteiger partial charge in [-0.25, -0.2) is 4.79 Å². The average molecular weight is 394 g/mol. The molecule has 10 heteroatoms. The van der Waals surface area contributed by atoms with Crippen LogP contribution < -0.4 is 4.74 Å². The third-order valence-electron chi connectivity index (χ3n) is 3.76. The highest BCUT2D eigenvalue weighted by atomic mass is 16.6. The van der Waals surface area contributed by atoms with Crippen LogP contribution in [0.1, 0.15) is 24.5 Å². The van der Waals surface area contributed by atoms with Crippen molar-refractivity contribution in [3.63, 3.8) is 0 Å². The van der Waals surface area contributed by atoms with E-state index < -0.39 is 17.0 Å². The number of nitro groups is 1. The molecule has 0 radical (unpaired) electrons. The molecule has 1 aromatic heterocycles. The lowest BCUT2D eigenvalue weighted by Crippen LogP contribution is -2.17. The zero-order chi connectivity index (χ0) is 20.8. The number of nitro benzene ring substituents is 1. The molecule has 146 valence electrons. The number of aromatic nitrogens is 2. The predicted molar refractivity (Wildman–Crippen MR) is 97.5 cm³/mol. The Labute approximate surface area is 164 Å². The minimum absolute atomic E-state index is 0.0574. The van der Waals surface area contributed by atoms with Crippen molar-refractivity contribution in [3.05, 3.63) is 70.1 Å². The van der Waals surface area contributed by atoms with Gasteiger partial charge in [0.15, 0.2) is 12.7 Å². The Hall–Kier alpha value is -4.26. The van der Waals surface area contributed by atoms with E-state index >= 15 is 0 Å². The van der Waals surface area contributed by atoms with Crippen molar-refractivity contribution in [2.75, 3.05) is 6.61 Å². The van der Waals surface area contributed by atoms with Gasteiger partial charge in [-0.15, -0.1) is 10.2 Å². The molecule has 2 aromatic carbocycles. The molecule has 0 aliphatic heterocycles. The first-order chi connectivity index (χ1) is 14.0. The SMILES string of the molecule is C[C@@H](OC(=O)COc1ccc(C#N)cc1)c1nnc(-c2ccc([N+](=O)[O-])cc2)o1. The Bertz CT molecular complexity index is 1050. The minimum Gasteiger partial charge on any atom is -0.482 e.